The summed E-state index contributed by atoms with van der Waals surface area (Å²) >= 11 is 2.14. The summed E-state index contributed by atoms with van der Waals surface area (Å²) in [4.78, 5) is 17.9. The molecule has 1 atom stereocenters. The van der Waals surface area contributed by atoms with Crippen LogP contribution in [0.15, 0.2) is 29.1 Å². The number of likely N-dealkylation sites (tertiary alicyclic amines) is 1. The molecule has 2 saturated heterocycles. The van der Waals surface area contributed by atoms with Crippen molar-refractivity contribution in [2.75, 3.05) is 25.4 Å². The second-order valence-electron chi connectivity index (χ2n) is 7.23. The minimum atomic E-state index is 0.0444. The molecule has 0 amide bonds. The van der Waals surface area contributed by atoms with E-state index in [4.69, 9.17) is 0 Å². The highest BCUT2D eigenvalue weighted by Gasteiger charge is 2.33. The summed E-state index contributed by atoms with van der Waals surface area (Å²) in [6, 6.07) is 8.36. The molecule has 4 rings (SSSR count). The molecule has 0 spiro atoms. The van der Waals surface area contributed by atoms with Crippen LogP contribution in [0.1, 0.15) is 38.6 Å². The third-order valence-electron chi connectivity index (χ3n) is 5.40. The van der Waals surface area contributed by atoms with E-state index in [9.17, 15) is 4.79 Å². The van der Waals surface area contributed by atoms with Crippen molar-refractivity contribution in [3.05, 3.63) is 34.7 Å². The number of nitrogens with one attached hydrogen (secondary N) is 1. The molecule has 23 heavy (non-hydrogen) atoms. The van der Waals surface area contributed by atoms with E-state index >= 15 is 0 Å². The topological polar surface area (TPSA) is 41.0 Å². The maximum atomic E-state index is 12.3. The summed E-state index contributed by atoms with van der Waals surface area (Å²) in [6.07, 6.45) is 4.85. The third-order valence-corrected chi connectivity index (χ3v) is 6.93. The highest BCUT2D eigenvalue weighted by molar-refractivity contribution is 8.00. The molecule has 2 fully saturated rings. The normalized spacial score (nSPS) is 27.0. The lowest BCUT2D eigenvalue weighted by Crippen LogP contribution is -2.43. The van der Waals surface area contributed by atoms with Gasteiger partial charge in [0.25, 0.3) is 0 Å². The molecule has 3 heterocycles. The molecule has 0 radical (unpaired) electrons. The summed E-state index contributed by atoms with van der Waals surface area (Å²) in [6.45, 7) is 5.83. The number of piperidine rings is 1. The Hall–Kier alpha value is -1.20. The number of rotatable bonds is 3. The number of fused-ring (bicyclic) bond motifs is 1. The average Bonchev–Trinajstić information content (AvgIpc) is 3.11. The lowest BCUT2D eigenvalue weighted by Gasteiger charge is -2.37. The van der Waals surface area contributed by atoms with Crippen molar-refractivity contribution in [1.82, 2.24) is 14.5 Å². The van der Waals surface area contributed by atoms with Crippen LogP contribution in [0.3, 0.4) is 0 Å². The standard InChI is InChI=1S/C18H25N3OS/c1-18(9-4-12-23-18)13-20-10-7-14(8-11-20)21-16-6-3-2-5-15(16)19-17(21)22/h2-3,5-6,14H,4,7-13H2,1H3,(H,19,22). The van der Waals surface area contributed by atoms with Crippen LogP contribution in [0.25, 0.3) is 11.0 Å². The Labute approximate surface area is 141 Å². The van der Waals surface area contributed by atoms with Gasteiger partial charge in [0.1, 0.15) is 0 Å². The van der Waals surface area contributed by atoms with Gasteiger partial charge in [-0.25, -0.2) is 4.79 Å². The van der Waals surface area contributed by atoms with E-state index in [1.807, 2.05) is 22.8 Å². The molecule has 1 N–H and O–H groups in total. The molecule has 5 heteroatoms. The minimum absolute atomic E-state index is 0.0444. The zero-order valence-electron chi connectivity index (χ0n) is 13.8. The minimum Gasteiger partial charge on any atom is -0.306 e. The van der Waals surface area contributed by atoms with Gasteiger partial charge in [0.15, 0.2) is 0 Å². The number of hydrogen-bond acceptors (Lipinski definition) is 3. The largest absolute Gasteiger partial charge is 0.326 e. The molecule has 0 aliphatic carbocycles. The summed E-state index contributed by atoms with van der Waals surface area (Å²) in [5.74, 6) is 1.32. The summed E-state index contributed by atoms with van der Waals surface area (Å²) < 4.78 is 2.43. The van der Waals surface area contributed by atoms with Crippen molar-refractivity contribution in [1.29, 1.82) is 0 Å². The van der Waals surface area contributed by atoms with Gasteiger partial charge in [-0.1, -0.05) is 12.1 Å². The van der Waals surface area contributed by atoms with Crippen LogP contribution >= 0.6 is 11.8 Å². The number of thioether (sulfide) groups is 1. The van der Waals surface area contributed by atoms with Crippen LogP contribution in [0, 0.1) is 0 Å². The van der Waals surface area contributed by atoms with Gasteiger partial charge >= 0.3 is 5.69 Å². The van der Waals surface area contributed by atoms with E-state index in [0.29, 0.717) is 10.8 Å². The first-order valence-corrected chi connectivity index (χ1v) is 9.69. The molecule has 0 bridgehead atoms. The highest BCUT2D eigenvalue weighted by atomic mass is 32.2. The van der Waals surface area contributed by atoms with Gasteiger partial charge in [0, 0.05) is 30.4 Å². The number of hydrogen-bond donors (Lipinski definition) is 1. The van der Waals surface area contributed by atoms with E-state index in [-0.39, 0.29) is 5.69 Å². The average molecular weight is 331 g/mol. The first-order valence-electron chi connectivity index (χ1n) is 8.70. The number of aromatic amines is 1. The molecule has 2 aliphatic heterocycles. The van der Waals surface area contributed by atoms with Crippen molar-refractivity contribution in [2.45, 2.75) is 43.4 Å². The monoisotopic (exact) mass is 331 g/mol. The van der Waals surface area contributed by atoms with Gasteiger partial charge < -0.3 is 9.88 Å². The summed E-state index contributed by atoms with van der Waals surface area (Å²) in [5.41, 5.74) is 2.05. The SMILES string of the molecule is CC1(CN2CCC(n3c(=O)[nH]c4ccccc43)CC2)CCCS1. The molecule has 2 aliphatic rings. The number of H-pyrrole nitrogens is 1. The fraction of sp³-hybridized carbons (Fsp3) is 0.611. The van der Waals surface area contributed by atoms with E-state index in [2.05, 4.69) is 34.6 Å². The number of nitrogens with zero attached hydrogens (tertiary/aromatic N) is 2. The van der Waals surface area contributed by atoms with Crippen molar-refractivity contribution >= 4 is 22.8 Å². The Morgan fingerprint density at radius 3 is 2.83 bits per heavy atom. The number of para-hydroxylation sites is 2. The Bertz CT molecular complexity index is 736. The molecule has 4 nitrogen and oxygen atoms in total. The summed E-state index contributed by atoms with van der Waals surface area (Å²) in [7, 11) is 0. The fourth-order valence-electron chi connectivity index (χ4n) is 4.21. The van der Waals surface area contributed by atoms with Crippen LogP contribution in [-0.2, 0) is 0 Å². The Kier molecular flexibility index (Phi) is 4.01. The number of aromatic nitrogens is 2. The van der Waals surface area contributed by atoms with Crippen LogP contribution in [0.2, 0.25) is 0 Å². The second kappa shape index (κ2) is 6.02. The lowest BCUT2D eigenvalue weighted by molar-refractivity contribution is 0.173. The Morgan fingerprint density at radius 1 is 1.30 bits per heavy atom. The molecule has 1 unspecified atom stereocenters. The second-order valence-corrected chi connectivity index (χ2v) is 8.91. The van der Waals surface area contributed by atoms with Gasteiger partial charge in [0.05, 0.1) is 11.0 Å². The molecule has 2 aromatic rings. The fourth-order valence-corrected chi connectivity index (χ4v) is 5.55. The van der Waals surface area contributed by atoms with Crippen molar-refractivity contribution < 1.29 is 0 Å². The molecule has 1 aromatic heterocycles. The number of imidazole rings is 1. The van der Waals surface area contributed by atoms with E-state index in [1.165, 1.54) is 25.1 Å². The number of benzene rings is 1. The van der Waals surface area contributed by atoms with Crippen LogP contribution in [0.4, 0.5) is 0 Å². The molecular weight excluding hydrogens is 306 g/mol. The van der Waals surface area contributed by atoms with Gasteiger partial charge in [-0.05, 0) is 50.5 Å². The van der Waals surface area contributed by atoms with E-state index in [1.54, 1.807) is 0 Å². The van der Waals surface area contributed by atoms with Crippen molar-refractivity contribution in [2.24, 2.45) is 0 Å². The van der Waals surface area contributed by atoms with Crippen LogP contribution in [-0.4, -0.2) is 44.6 Å². The van der Waals surface area contributed by atoms with Gasteiger partial charge in [-0.15, -0.1) is 0 Å². The lowest BCUT2D eigenvalue weighted by atomic mass is 10.0. The van der Waals surface area contributed by atoms with Crippen LogP contribution in [0.5, 0.6) is 0 Å². The van der Waals surface area contributed by atoms with Crippen molar-refractivity contribution in [3.63, 3.8) is 0 Å². The van der Waals surface area contributed by atoms with Gasteiger partial charge in [-0.3, -0.25) is 4.57 Å². The molecule has 0 saturated carbocycles. The zero-order valence-corrected chi connectivity index (χ0v) is 14.6. The Morgan fingerprint density at radius 2 is 2.09 bits per heavy atom. The van der Waals surface area contributed by atoms with Gasteiger partial charge in [-0.2, -0.15) is 11.8 Å². The first-order chi connectivity index (χ1) is 11.1. The predicted octanol–water partition coefficient (Wildman–Crippen LogP) is 3.25. The molecule has 1 aromatic carbocycles. The van der Waals surface area contributed by atoms with Gasteiger partial charge in [0.2, 0.25) is 0 Å². The van der Waals surface area contributed by atoms with Crippen molar-refractivity contribution in [3.8, 4) is 0 Å². The maximum Gasteiger partial charge on any atom is 0.326 e. The maximum absolute atomic E-state index is 12.3. The zero-order chi connectivity index (χ0) is 15.9. The summed E-state index contributed by atoms with van der Waals surface area (Å²) in [5, 5.41) is 0. The smallest absolute Gasteiger partial charge is 0.306 e. The molecule has 124 valence electrons. The third kappa shape index (κ3) is 2.96. The molecular formula is C18H25N3OS. The van der Waals surface area contributed by atoms with E-state index < -0.39 is 0 Å². The Balaban J connectivity index is 1.47. The highest BCUT2D eigenvalue weighted by Crippen LogP contribution is 2.39. The predicted molar refractivity (Wildman–Crippen MR) is 97.4 cm³/mol. The first kappa shape index (κ1) is 15.3. The quantitative estimate of drug-likeness (QED) is 0.938. The van der Waals surface area contributed by atoms with Crippen LogP contribution < -0.4 is 5.69 Å². The van der Waals surface area contributed by atoms with E-state index in [0.717, 1.165) is 37.0 Å².